The molecule has 3 nitrogen and oxygen atoms in total. The summed E-state index contributed by atoms with van der Waals surface area (Å²) in [5.74, 6) is 0.333. The van der Waals surface area contributed by atoms with Crippen molar-refractivity contribution >= 4 is 17.5 Å². The molecule has 0 aliphatic rings. The van der Waals surface area contributed by atoms with Crippen molar-refractivity contribution < 1.29 is 4.79 Å². The molecule has 0 spiro atoms. The monoisotopic (exact) mass is 254 g/mol. The SMILES string of the molecule is CNCC(C)CNC(=O)c1ccc(C)c(Cl)c1. The Bertz CT molecular complexity index is 393. The number of carbonyl (C=O) groups is 1. The van der Waals surface area contributed by atoms with Gasteiger partial charge in [-0.25, -0.2) is 0 Å². The van der Waals surface area contributed by atoms with Gasteiger partial charge in [-0.3, -0.25) is 4.79 Å². The van der Waals surface area contributed by atoms with Crippen molar-refractivity contribution in [2.24, 2.45) is 5.92 Å². The van der Waals surface area contributed by atoms with Crippen LogP contribution in [0.2, 0.25) is 5.02 Å². The van der Waals surface area contributed by atoms with E-state index in [0.29, 0.717) is 23.0 Å². The number of halogens is 1. The van der Waals surface area contributed by atoms with Gasteiger partial charge in [-0.2, -0.15) is 0 Å². The number of hydrogen-bond donors (Lipinski definition) is 2. The molecular weight excluding hydrogens is 236 g/mol. The van der Waals surface area contributed by atoms with Crippen LogP contribution in [0.25, 0.3) is 0 Å². The van der Waals surface area contributed by atoms with Gasteiger partial charge < -0.3 is 10.6 Å². The summed E-state index contributed by atoms with van der Waals surface area (Å²) in [4.78, 5) is 11.8. The number of hydrogen-bond acceptors (Lipinski definition) is 2. The summed E-state index contributed by atoms with van der Waals surface area (Å²) in [5, 5.41) is 6.59. The number of amides is 1. The molecule has 0 saturated heterocycles. The zero-order chi connectivity index (χ0) is 12.8. The Balaban J connectivity index is 2.55. The Labute approximate surface area is 108 Å². The number of aryl methyl sites for hydroxylation is 1. The molecular formula is C13H19ClN2O. The average molecular weight is 255 g/mol. The number of carbonyl (C=O) groups excluding carboxylic acids is 1. The lowest BCUT2D eigenvalue weighted by Crippen LogP contribution is -2.32. The van der Waals surface area contributed by atoms with Gasteiger partial charge in [0.2, 0.25) is 0 Å². The van der Waals surface area contributed by atoms with E-state index >= 15 is 0 Å². The van der Waals surface area contributed by atoms with Gasteiger partial charge >= 0.3 is 0 Å². The van der Waals surface area contributed by atoms with Crippen molar-refractivity contribution in [2.45, 2.75) is 13.8 Å². The second-order valence-corrected chi connectivity index (χ2v) is 4.74. The third kappa shape index (κ3) is 4.36. The highest BCUT2D eigenvalue weighted by Gasteiger charge is 2.08. The fourth-order valence-corrected chi connectivity index (χ4v) is 1.70. The second kappa shape index (κ2) is 6.62. The zero-order valence-electron chi connectivity index (χ0n) is 10.5. The molecule has 0 aliphatic carbocycles. The van der Waals surface area contributed by atoms with E-state index < -0.39 is 0 Å². The first-order valence-corrected chi connectivity index (χ1v) is 6.11. The predicted molar refractivity (Wildman–Crippen MR) is 71.6 cm³/mol. The molecule has 0 radical (unpaired) electrons. The molecule has 1 unspecified atom stereocenters. The van der Waals surface area contributed by atoms with Crippen molar-refractivity contribution in [3.05, 3.63) is 34.3 Å². The Morgan fingerprint density at radius 3 is 2.71 bits per heavy atom. The van der Waals surface area contributed by atoms with Crippen molar-refractivity contribution in [1.82, 2.24) is 10.6 Å². The molecule has 0 saturated carbocycles. The van der Waals surface area contributed by atoms with E-state index in [2.05, 4.69) is 17.6 Å². The van der Waals surface area contributed by atoms with E-state index in [1.807, 2.05) is 20.0 Å². The molecule has 94 valence electrons. The van der Waals surface area contributed by atoms with E-state index in [1.165, 1.54) is 0 Å². The van der Waals surface area contributed by atoms with Crippen molar-refractivity contribution in [3.8, 4) is 0 Å². The van der Waals surface area contributed by atoms with E-state index in [9.17, 15) is 4.79 Å². The van der Waals surface area contributed by atoms with Crippen LogP contribution < -0.4 is 10.6 Å². The predicted octanol–water partition coefficient (Wildman–Crippen LogP) is 2.23. The first kappa shape index (κ1) is 14.0. The lowest BCUT2D eigenvalue weighted by molar-refractivity contribution is 0.0948. The van der Waals surface area contributed by atoms with Gasteiger partial charge in [-0.1, -0.05) is 24.6 Å². The maximum absolute atomic E-state index is 11.8. The van der Waals surface area contributed by atoms with Crippen molar-refractivity contribution in [2.75, 3.05) is 20.1 Å². The van der Waals surface area contributed by atoms with Crippen LogP contribution in [-0.4, -0.2) is 26.0 Å². The highest BCUT2D eigenvalue weighted by Crippen LogP contribution is 2.16. The first-order chi connectivity index (χ1) is 8.04. The summed E-state index contributed by atoms with van der Waals surface area (Å²) in [5.41, 5.74) is 1.59. The molecule has 0 aromatic heterocycles. The topological polar surface area (TPSA) is 41.1 Å². The minimum Gasteiger partial charge on any atom is -0.352 e. The third-order valence-corrected chi connectivity index (χ3v) is 3.00. The minimum atomic E-state index is -0.0742. The quantitative estimate of drug-likeness (QED) is 0.846. The zero-order valence-corrected chi connectivity index (χ0v) is 11.3. The van der Waals surface area contributed by atoms with Crippen LogP contribution in [0.15, 0.2) is 18.2 Å². The Kier molecular flexibility index (Phi) is 5.45. The fraction of sp³-hybridized carbons (Fsp3) is 0.462. The van der Waals surface area contributed by atoms with Crippen LogP contribution >= 0.6 is 11.6 Å². The van der Waals surface area contributed by atoms with E-state index in [1.54, 1.807) is 12.1 Å². The summed E-state index contributed by atoms with van der Waals surface area (Å²) >= 11 is 5.98. The summed E-state index contributed by atoms with van der Waals surface area (Å²) < 4.78 is 0. The van der Waals surface area contributed by atoms with Crippen LogP contribution in [0.3, 0.4) is 0 Å². The van der Waals surface area contributed by atoms with Crippen molar-refractivity contribution in [1.29, 1.82) is 0 Å². The summed E-state index contributed by atoms with van der Waals surface area (Å²) in [6, 6.07) is 5.35. The Morgan fingerprint density at radius 2 is 2.12 bits per heavy atom. The van der Waals surface area contributed by atoms with Gasteiger partial charge in [0.25, 0.3) is 5.91 Å². The largest absolute Gasteiger partial charge is 0.352 e. The highest BCUT2D eigenvalue weighted by atomic mass is 35.5. The molecule has 2 N–H and O–H groups in total. The fourth-order valence-electron chi connectivity index (χ4n) is 1.52. The molecule has 0 heterocycles. The molecule has 0 fully saturated rings. The molecule has 0 bridgehead atoms. The van der Waals surface area contributed by atoms with Crippen LogP contribution in [0.1, 0.15) is 22.8 Å². The molecule has 17 heavy (non-hydrogen) atoms. The number of rotatable bonds is 5. The Morgan fingerprint density at radius 1 is 1.41 bits per heavy atom. The second-order valence-electron chi connectivity index (χ2n) is 4.34. The lowest BCUT2D eigenvalue weighted by Gasteiger charge is -2.12. The summed E-state index contributed by atoms with van der Waals surface area (Å²) in [6.07, 6.45) is 0. The molecule has 1 atom stereocenters. The maximum Gasteiger partial charge on any atom is 0.251 e. The molecule has 4 heteroatoms. The molecule has 1 aromatic carbocycles. The summed E-state index contributed by atoms with van der Waals surface area (Å²) in [6.45, 7) is 5.54. The number of benzene rings is 1. The maximum atomic E-state index is 11.8. The van der Waals surface area contributed by atoms with Gasteiger partial charge in [-0.05, 0) is 44.1 Å². The first-order valence-electron chi connectivity index (χ1n) is 5.73. The van der Waals surface area contributed by atoms with E-state index in [-0.39, 0.29) is 5.91 Å². The van der Waals surface area contributed by atoms with Gasteiger partial charge in [0, 0.05) is 17.1 Å². The average Bonchev–Trinajstić information content (AvgIpc) is 2.30. The minimum absolute atomic E-state index is 0.0742. The van der Waals surface area contributed by atoms with Crippen LogP contribution in [-0.2, 0) is 0 Å². The van der Waals surface area contributed by atoms with Crippen LogP contribution in [0, 0.1) is 12.8 Å². The molecule has 0 aliphatic heterocycles. The lowest BCUT2D eigenvalue weighted by atomic mass is 10.1. The molecule has 1 rings (SSSR count). The molecule has 1 aromatic rings. The standard InChI is InChI=1S/C13H19ClN2O/c1-9(7-15-3)8-16-13(17)11-5-4-10(2)12(14)6-11/h4-6,9,15H,7-8H2,1-3H3,(H,16,17). The summed E-state index contributed by atoms with van der Waals surface area (Å²) in [7, 11) is 1.90. The highest BCUT2D eigenvalue weighted by molar-refractivity contribution is 6.31. The molecule has 1 amide bonds. The van der Waals surface area contributed by atoms with Gasteiger partial charge in [-0.15, -0.1) is 0 Å². The van der Waals surface area contributed by atoms with Crippen molar-refractivity contribution in [3.63, 3.8) is 0 Å². The Hall–Kier alpha value is -1.06. The normalized spacial score (nSPS) is 12.2. The van der Waals surface area contributed by atoms with E-state index in [0.717, 1.165) is 12.1 Å². The van der Waals surface area contributed by atoms with Crippen LogP contribution in [0.4, 0.5) is 0 Å². The third-order valence-electron chi connectivity index (χ3n) is 2.60. The van der Waals surface area contributed by atoms with Gasteiger partial charge in [0.15, 0.2) is 0 Å². The van der Waals surface area contributed by atoms with Gasteiger partial charge in [0.05, 0.1) is 0 Å². The number of nitrogens with one attached hydrogen (secondary N) is 2. The van der Waals surface area contributed by atoms with E-state index in [4.69, 9.17) is 11.6 Å². The van der Waals surface area contributed by atoms with Gasteiger partial charge in [0.1, 0.15) is 0 Å². The smallest absolute Gasteiger partial charge is 0.251 e. The van der Waals surface area contributed by atoms with Crippen LogP contribution in [0.5, 0.6) is 0 Å².